The number of pyridine rings is 3. The van der Waals surface area contributed by atoms with Gasteiger partial charge in [0, 0.05) is 54.6 Å². The van der Waals surface area contributed by atoms with Crippen LogP contribution in [0.3, 0.4) is 0 Å². The van der Waals surface area contributed by atoms with E-state index in [1.54, 1.807) is 24.5 Å². The number of nitrogens with zero attached hydrogens (tertiary/aromatic N) is 5. The second-order valence-corrected chi connectivity index (χ2v) is 15.4. The molecule has 0 aromatic carbocycles. The molecule has 5 aromatic heterocycles. The highest BCUT2D eigenvalue weighted by molar-refractivity contribution is 7.92. The van der Waals surface area contributed by atoms with Crippen molar-refractivity contribution in [1.82, 2.24) is 25.1 Å². The average molecular weight is 643 g/mol. The Morgan fingerprint density at radius 3 is 2.76 bits per heavy atom. The minimum atomic E-state index is -3.61. The maximum absolute atomic E-state index is 13.8. The van der Waals surface area contributed by atoms with Gasteiger partial charge in [0.15, 0.2) is 9.84 Å². The van der Waals surface area contributed by atoms with E-state index >= 15 is 0 Å². The standard InChI is InChI=1S/C33H34N6O4S2/c1-18-17-45(40,41)31-28(27(33-39-38-19(2)43-33)25(36-29(18)31)6-5-20-10-14-42-15-11-20)26-16-21-9-13-35-32(30(21)44-26)37-24-8-7-23-22(24)4-3-12-34-23/h3-4,9,12-13,16,18,20,24H,5-8,10-11,14-15,17H2,1-2H3,(H,35,37)/t18-,24-/m0/s1. The van der Waals surface area contributed by atoms with Crippen LogP contribution < -0.4 is 5.32 Å². The second kappa shape index (κ2) is 11.3. The van der Waals surface area contributed by atoms with Crippen molar-refractivity contribution in [2.45, 2.75) is 69.2 Å². The van der Waals surface area contributed by atoms with Gasteiger partial charge in [0.1, 0.15) is 5.82 Å². The van der Waals surface area contributed by atoms with E-state index in [2.05, 4.69) is 32.6 Å². The highest BCUT2D eigenvalue weighted by Gasteiger charge is 2.40. The largest absolute Gasteiger partial charge is 0.421 e. The molecule has 2 aliphatic heterocycles. The summed E-state index contributed by atoms with van der Waals surface area (Å²) in [6, 6.07) is 8.26. The summed E-state index contributed by atoms with van der Waals surface area (Å²) < 4.78 is 40.3. The normalized spacial score (nSPS) is 20.8. The van der Waals surface area contributed by atoms with Gasteiger partial charge >= 0.3 is 0 Å². The third kappa shape index (κ3) is 5.12. The van der Waals surface area contributed by atoms with Crippen molar-refractivity contribution in [1.29, 1.82) is 0 Å². The zero-order chi connectivity index (χ0) is 30.7. The Hall–Kier alpha value is -3.74. The first kappa shape index (κ1) is 28.7. The van der Waals surface area contributed by atoms with E-state index in [-0.39, 0.29) is 17.7 Å². The van der Waals surface area contributed by atoms with E-state index in [0.717, 1.165) is 77.5 Å². The third-order valence-corrected chi connectivity index (χ3v) is 12.5. The molecule has 5 aromatic rings. The lowest BCUT2D eigenvalue weighted by Crippen LogP contribution is -2.17. The van der Waals surface area contributed by atoms with E-state index in [1.165, 1.54) is 5.56 Å². The molecule has 0 spiro atoms. The average Bonchev–Trinajstić information content (AvgIpc) is 3.81. The van der Waals surface area contributed by atoms with Gasteiger partial charge in [-0.15, -0.1) is 21.5 Å². The minimum absolute atomic E-state index is 0.0302. The first-order chi connectivity index (χ1) is 21.9. The predicted octanol–water partition coefficient (Wildman–Crippen LogP) is 6.46. The fourth-order valence-corrected chi connectivity index (χ4v) is 10.4. The van der Waals surface area contributed by atoms with Gasteiger partial charge in [-0.3, -0.25) is 9.97 Å². The first-order valence-corrected chi connectivity index (χ1v) is 18.1. The lowest BCUT2D eigenvalue weighted by Gasteiger charge is -2.22. The van der Waals surface area contributed by atoms with Crippen molar-refractivity contribution >= 4 is 37.1 Å². The Balaban J connectivity index is 1.29. The molecule has 1 N–H and O–H groups in total. The molecule has 0 bridgehead atoms. The Morgan fingerprint density at radius 2 is 1.93 bits per heavy atom. The monoisotopic (exact) mass is 642 g/mol. The van der Waals surface area contributed by atoms with Crippen molar-refractivity contribution in [3.8, 4) is 21.9 Å². The van der Waals surface area contributed by atoms with Crippen LogP contribution in [0, 0.1) is 12.8 Å². The highest BCUT2D eigenvalue weighted by atomic mass is 32.2. The molecule has 1 fully saturated rings. The lowest BCUT2D eigenvalue weighted by molar-refractivity contribution is 0.0639. The van der Waals surface area contributed by atoms with Crippen molar-refractivity contribution in [3.05, 3.63) is 65.2 Å². The highest BCUT2D eigenvalue weighted by Crippen LogP contribution is 2.50. The van der Waals surface area contributed by atoms with E-state index in [4.69, 9.17) is 19.1 Å². The smallest absolute Gasteiger partial charge is 0.250 e. The van der Waals surface area contributed by atoms with Crippen molar-refractivity contribution in [2.24, 2.45) is 5.92 Å². The molecule has 10 nitrogen and oxygen atoms in total. The number of aromatic nitrogens is 5. The molecule has 45 heavy (non-hydrogen) atoms. The van der Waals surface area contributed by atoms with Crippen LogP contribution >= 0.6 is 11.3 Å². The zero-order valence-electron chi connectivity index (χ0n) is 25.2. The number of sulfone groups is 1. The molecule has 2 atom stereocenters. The fourth-order valence-electron chi connectivity index (χ4n) is 7.12. The Kier molecular flexibility index (Phi) is 7.18. The molecular formula is C33H34N6O4S2. The summed E-state index contributed by atoms with van der Waals surface area (Å²) in [6.07, 6.45) is 9.14. The topological polar surface area (TPSA) is 133 Å². The van der Waals surface area contributed by atoms with E-state index in [1.807, 2.05) is 25.3 Å². The Bertz CT molecular complexity index is 2030. The SMILES string of the molecule is Cc1nnc(-c2c(CCC3CCOCC3)nc3c(c2-c2cc4ccnc(N[C@H]5CCc6ncccc65)c4s2)S(=O)(=O)C[C@@H]3C)o1. The summed E-state index contributed by atoms with van der Waals surface area (Å²) in [5, 5.41) is 13.2. The Morgan fingerprint density at radius 1 is 1.07 bits per heavy atom. The van der Waals surface area contributed by atoms with Crippen LogP contribution in [0.25, 0.3) is 32.0 Å². The zero-order valence-corrected chi connectivity index (χ0v) is 26.9. The number of ether oxygens (including phenoxy) is 1. The molecule has 12 heteroatoms. The maximum atomic E-state index is 13.8. The van der Waals surface area contributed by atoms with Crippen LogP contribution in [0.4, 0.5) is 5.82 Å². The van der Waals surface area contributed by atoms with E-state index in [0.29, 0.717) is 45.8 Å². The van der Waals surface area contributed by atoms with Gasteiger partial charge in [0.2, 0.25) is 11.8 Å². The number of aryl methyl sites for hydroxylation is 3. The summed E-state index contributed by atoms with van der Waals surface area (Å²) in [6.45, 7) is 5.24. The van der Waals surface area contributed by atoms with Gasteiger partial charge < -0.3 is 14.5 Å². The van der Waals surface area contributed by atoms with E-state index in [9.17, 15) is 8.42 Å². The van der Waals surface area contributed by atoms with Crippen LogP contribution in [0.1, 0.15) is 73.1 Å². The molecule has 1 aliphatic carbocycles. The van der Waals surface area contributed by atoms with E-state index < -0.39 is 9.84 Å². The first-order valence-electron chi connectivity index (χ1n) is 15.6. The van der Waals surface area contributed by atoms with Crippen LogP contribution in [0.2, 0.25) is 0 Å². The molecule has 7 heterocycles. The van der Waals surface area contributed by atoms with Crippen LogP contribution in [-0.4, -0.2) is 52.5 Å². The van der Waals surface area contributed by atoms with Crippen molar-refractivity contribution in [2.75, 3.05) is 24.3 Å². The fraction of sp³-hybridized carbons (Fsp3) is 0.424. The van der Waals surface area contributed by atoms with Crippen LogP contribution in [0.15, 0.2) is 46.0 Å². The van der Waals surface area contributed by atoms with Gasteiger partial charge in [-0.1, -0.05) is 13.0 Å². The number of thiophene rings is 1. The van der Waals surface area contributed by atoms with Crippen molar-refractivity contribution < 1.29 is 17.6 Å². The lowest BCUT2D eigenvalue weighted by atomic mass is 9.91. The predicted molar refractivity (Wildman–Crippen MR) is 172 cm³/mol. The van der Waals surface area contributed by atoms with Crippen LogP contribution in [0.5, 0.6) is 0 Å². The number of anilines is 1. The molecule has 3 aliphatic rings. The molecule has 1 saturated heterocycles. The molecule has 8 rings (SSSR count). The maximum Gasteiger partial charge on any atom is 0.250 e. The number of nitrogens with one attached hydrogen (secondary N) is 1. The molecule has 0 radical (unpaired) electrons. The van der Waals surface area contributed by atoms with Gasteiger partial charge in [-0.05, 0) is 73.6 Å². The quantitative estimate of drug-likeness (QED) is 0.211. The summed E-state index contributed by atoms with van der Waals surface area (Å²) in [5.41, 5.74) is 5.01. The summed E-state index contributed by atoms with van der Waals surface area (Å²) in [7, 11) is -3.61. The van der Waals surface area contributed by atoms with Gasteiger partial charge in [0.05, 0.1) is 38.3 Å². The van der Waals surface area contributed by atoms with Crippen LogP contribution in [-0.2, 0) is 27.4 Å². The number of fused-ring (bicyclic) bond motifs is 3. The molecule has 232 valence electrons. The molecule has 0 saturated carbocycles. The summed E-state index contributed by atoms with van der Waals surface area (Å²) in [5.74, 6) is 1.84. The summed E-state index contributed by atoms with van der Waals surface area (Å²) >= 11 is 1.54. The molecule has 0 unspecified atom stereocenters. The van der Waals surface area contributed by atoms with Gasteiger partial charge in [-0.2, -0.15) is 0 Å². The number of hydrogen-bond acceptors (Lipinski definition) is 11. The molecule has 0 amide bonds. The Labute approximate surface area is 265 Å². The van der Waals surface area contributed by atoms with Gasteiger partial charge in [0.25, 0.3) is 0 Å². The third-order valence-electron chi connectivity index (χ3n) is 9.33. The summed E-state index contributed by atoms with van der Waals surface area (Å²) in [4.78, 5) is 15.5. The second-order valence-electron chi connectivity index (χ2n) is 12.4. The van der Waals surface area contributed by atoms with Gasteiger partial charge in [-0.25, -0.2) is 13.4 Å². The van der Waals surface area contributed by atoms with Crippen molar-refractivity contribution in [3.63, 3.8) is 0 Å². The number of rotatable bonds is 7. The molecular weight excluding hydrogens is 609 g/mol. The number of hydrogen-bond donors (Lipinski definition) is 1. The minimum Gasteiger partial charge on any atom is -0.421 e.